The highest BCUT2D eigenvalue weighted by molar-refractivity contribution is 6.42. The van der Waals surface area contributed by atoms with Crippen LogP contribution in [-0.4, -0.2) is 11.9 Å². The molecule has 0 spiro atoms. The molecular weight excluding hydrogens is 161 g/mol. The molecule has 0 aliphatic rings. The van der Waals surface area contributed by atoms with Gasteiger partial charge in [-0.2, -0.15) is 8.78 Å². The fraction of sp³-hybridized carbons (Fsp3) is 0. The number of nitrogens with zero attached hydrogens (tertiary/aromatic N) is 2. The third kappa shape index (κ3) is 2.18. The Balaban J connectivity index is 4.04. The smallest absolute Gasteiger partial charge is 0.179 e. The molecule has 0 aliphatic heterocycles. The minimum Gasteiger partial charge on any atom is -0.179 e. The van der Waals surface area contributed by atoms with Crippen molar-refractivity contribution >= 4 is 35.5 Å². The minimum absolute atomic E-state index is 1.53. The molecule has 0 fully saturated rings. The van der Waals surface area contributed by atoms with Crippen LogP contribution in [0.2, 0.25) is 0 Å². The number of hydrogen-bond donors (Lipinski definition) is 0. The van der Waals surface area contributed by atoms with Crippen molar-refractivity contribution in [1.82, 2.24) is 0 Å². The zero-order valence-corrected chi connectivity index (χ0v) is 4.92. The van der Waals surface area contributed by atoms with Crippen LogP contribution in [0.15, 0.2) is 9.02 Å². The average molecular weight is 161 g/mol. The lowest BCUT2D eigenvalue weighted by Gasteiger charge is -1.79. The summed E-state index contributed by atoms with van der Waals surface area (Å²) < 4.78 is 27.7. The van der Waals surface area contributed by atoms with Gasteiger partial charge in [0.15, 0.2) is 0 Å². The Kier molecular flexibility index (Phi) is 3.64. The van der Waals surface area contributed by atoms with E-state index >= 15 is 0 Å². The van der Waals surface area contributed by atoms with Crippen molar-refractivity contribution in [3.63, 3.8) is 0 Å². The van der Waals surface area contributed by atoms with E-state index in [4.69, 9.17) is 0 Å². The maximum Gasteiger partial charge on any atom is 0.281 e. The van der Waals surface area contributed by atoms with Gasteiger partial charge in [0, 0.05) is 23.6 Å². The molecule has 2 nitrogen and oxygen atoms in total. The van der Waals surface area contributed by atoms with Crippen LogP contribution >= 0.6 is 23.6 Å². The van der Waals surface area contributed by atoms with Gasteiger partial charge in [-0.15, -0.1) is 9.02 Å². The van der Waals surface area contributed by atoms with Gasteiger partial charge in [-0.3, -0.25) is 0 Å². The highest BCUT2D eigenvalue weighted by Gasteiger charge is 2.04. The summed E-state index contributed by atoms with van der Waals surface area (Å²) in [5, 5.41) is 0. The van der Waals surface area contributed by atoms with E-state index in [9.17, 15) is 8.78 Å². The molecule has 0 saturated carbocycles. The Morgan fingerprint density at radius 2 is 1.25 bits per heavy atom. The van der Waals surface area contributed by atoms with Gasteiger partial charge in [0.25, 0.3) is 11.9 Å². The summed E-state index contributed by atoms with van der Waals surface area (Å²) in [6.45, 7) is 0. The first-order valence-electron chi connectivity index (χ1n) is 1.41. The summed E-state index contributed by atoms with van der Waals surface area (Å²) >= 11 is 8.92. The first kappa shape index (κ1) is 7.78. The van der Waals surface area contributed by atoms with Crippen LogP contribution in [0.4, 0.5) is 8.78 Å². The second kappa shape index (κ2) is 3.74. The Morgan fingerprint density at radius 1 is 1.00 bits per heavy atom. The summed E-state index contributed by atoms with van der Waals surface area (Å²) in [5.41, 5.74) is 0. The highest BCUT2D eigenvalue weighted by Crippen LogP contribution is 1.93. The average Bonchev–Trinajstić information content (AvgIpc) is 1.84. The minimum atomic E-state index is -1.53. The zero-order chi connectivity index (χ0) is 6.57. The van der Waals surface area contributed by atoms with Crippen LogP contribution < -0.4 is 0 Å². The topological polar surface area (TPSA) is 24.7 Å². The first-order valence-corrected chi connectivity index (χ1v) is 2.09. The van der Waals surface area contributed by atoms with E-state index in [1.165, 1.54) is 0 Å². The van der Waals surface area contributed by atoms with Gasteiger partial charge < -0.3 is 0 Å². The van der Waals surface area contributed by atoms with Gasteiger partial charge in [0.05, 0.1) is 0 Å². The van der Waals surface area contributed by atoms with E-state index in [2.05, 4.69) is 32.6 Å². The van der Waals surface area contributed by atoms with E-state index in [-0.39, 0.29) is 0 Å². The molecule has 0 aromatic heterocycles. The fourth-order valence-electron chi connectivity index (χ4n) is 0.0697. The molecule has 0 atom stereocenters. The molecule has 0 bridgehead atoms. The summed E-state index contributed by atoms with van der Waals surface area (Å²) in [5.74, 6) is -3.05. The van der Waals surface area contributed by atoms with Crippen molar-refractivity contribution in [2.75, 3.05) is 0 Å². The Labute approximate surface area is 54.1 Å². The standard InChI is InChI=1S/C2Cl2F2N2/c3-7-1(5)2(6)8-4/b7-1-,8-2+. The van der Waals surface area contributed by atoms with Crippen molar-refractivity contribution in [2.45, 2.75) is 0 Å². The van der Waals surface area contributed by atoms with Crippen LogP contribution in [0.3, 0.4) is 0 Å². The molecule has 0 saturated heterocycles. The summed E-state index contributed by atoms with van der Waals surface area (Å²) in [7, 11) is 0. The molecule has 0 heterocycles. The van der Waals surface area contributed by atoms with Crippen LogP contribution in [0.5, 0.6) is 0 Å². The van der Waals surface area contributed by atoms with Gasteiger partial charge in [-0.1, -0.05) is 0 Å². The molecule has 8 heavy (non-hydrogen) atoms. The number of rotatable bonds is 1. The first-order chi connectivity index (χ1) is 3.72. The van der Waals surface area contributed by atoms with E-state index in [0.29, 0.717) is 0 Å². The second-order valence-electron chi connectivity index (χ2n) is 0.751. The van der Waals surface area contributed by atoms with E-state index in [1.54, 1.807) is 0 Å². The lowest BCUT2D eigenvalue weighted by Crippen LogP contribution is -1.97. The van der Waals surface area contributed by atoms with Crippen molar-refractivity contribution in [2.24, 2.45) is 9.02 Å². The van der Waals surface area contributed by atoms with Crippen LogP contribution in [-0.2, 0) is 0 Å². The predicted molar refractivity (Wildman–Crippen MR) is 28.8 cm³/mol. The van der Waals surface area contributed by atoms with Crippen molar-refractivity contribution in [3.8, 4) is 0 Å². The SMILES string of the molecule is FC(=N\Cl)/C(F)=N\Cl. The number of halogens is 4. The Hall–Kier alpha value is -0.220. The molecule has 0 amide bonds. The zero-order valence-electron chi connectivity index (χ0n) is 3.41. The van der Waals surface area contributed by atoms with Crippen molar-refractivity contribution in [3.05, 3.63) is 0 Å². The Bertz CT molecular complexity index is 116. The molecule has 6 heteroatoms. The Morgan fingerprint density at radius 3 is 1.38 bits per heavy atom. The molecule has 0 aromatic rings. The quantitative estimate of drug-likeness (QED) is 0.525. The molecule has 0 aromatic carbocycles. The van der Waals surface area contributed by atoms with Gasteiger partial charge in [0.1, 0.15) is 0 Å². The lowest BCUT2D eigenvalue weighted by atomic mass is 10.7. The molecular formula is C2Cl2F2N2. The van der Waals surface area contributed by atoms with Gasteiger partial charge >= 0.3 is 0 Å². The molecule has 0 rings (SSSR count). The molecule has 0 aliphatic carbocycles. The molecule has 0 N–H and O–H groups in total. The van der Waals surface area contributed by atoms with Gasteiger partial charge in [-0.05, 0) is 0 Å². The second-order valence-corrected chi connectivity index (χ2v) is 1.09. The van der Waals surface area contributed by atoms with Crippen LogP contribution in [0, 0.1) is 0 Å². The molecule has 0 radical (unpaired) electrons. The fourth-order valence-corrected chi connectivity index (χ4v) is 0.209. The summed E-state index contributed by atoms with van der Waals surface area (Å²) in [4.78, 5) is 0. The van der Waals surface area contributed by atoms with Crippen molar-refractivity contribution in [1.29, 1.82) is 0 Å². The maximum absolute atomic E-state index is 11.6. The van der Waals surface area contributed by atoms with E-state index in [1.807, 2.05) is 0 Å². The largest absolute Gasteiger partial charge is 0.281 e. The highest BCUT2D eigenvalue weighted by atomic mass is 35.5. The number of hydrogen-bond acceptors (Lipinski definition) is 2. The van der Waals surface area contributed by atoms with E-state index < -0.39 is 11.9 Å². The summed E-state index contributed by atoms with van der Waals surface area (Å²) in [6.07, 6.45) is 0. The maximum atomic E-state index is 11.6. The van der Waals surface area contributed by atoms with Gasteiger partial charge in [0.2, 0.25) is 0 Å². The lowest BCUT2D eigenvalue weighted by molar-refractivity contribution is 0.763. The molecule has 0 unspecified atom stereocenters. The van der Waals surface area contributed by atoms with Crippen LogP contribution in [0.1, 0.15) is 0 Å². The van der Waals surface area contributed by atoms with Crippen molar-refractivity contribution < 1.29 is 8.78 Å². The summed E-state index contributed by atoms with van der Waals surface area (Å²) in [6, 6.07) is 0. The molecule has 46 valence electrons. The normalized spacial score (nSPS) is 14.5. The predicted octanol–water partition coefficient (Wildman–Crippen LogP) is 2.03. The van der Waals surface area contributed by atoms with Crippen LogP contribution in [0.25, 0.3) is 0 Å². The van der Waals surface area contributed by atoms with E-state index in [0.717, 1.165) is 0 Å². The monoisotopic (exact) mass is 160 g/mol. The van der Waals surface area contributed by atoms with Gasteiger partial charge in [-0.25, -0.2) is 0 Å². The third-order valence-corrected chi connectivity index (χ3v) is 0.615. The third-order valence-electron chi connectivity index (χ3n) is 0.319.